The maximum absolute atomic E-state index is 14.6. The van der Waals surface area contributed by atoms with Gasteiger partial charge in [0.05, 0.1) is 23.3 Å². The zero-order valence-electron chi connectivity index (χ0n) is 35.2. The van der Waals surface area contributed by atoms with Gasteiger partial charge in [-0.3, -0.25) is 29.0 Å². The molecule has 62 heavy (non-hydrogen) atoms. The fourth-order valence-corrected chi connectivity index (χ4v) is 9.72. The Morgan fingerprint density at radius 2 is 1.37 bits per heavy atom. The largest absolute Gasteiger partial charge is 0.472 e. The fourth-order valence-electron chi connectivity index (χ4n) is 9.72. The number of carbonyl (C=O) groups excluding carboxylic acids is 8. The lowest BCUT2D eigenvalue weighted by atomic mass is 9.45. The Labute approximate surface area is 353 Å². The number of rotatable bonds is 8. The zero-order valence-corrected chi connectivity index (χ0v) is 35.2. The van der Waals surface area contributed by atoms with Crippen LogP contribution in [-0.2, 0) is 71.4 Å². The molecular formula is C41H47NO20. The number of hydrogen-bond donors (Lipinski definition) is 2. The van der Waals surface area contributed by atoms with E-state index in [-0.39, 0.29) is 16.7 Å². The molecule has 1 spiro atoms. The van der Waals surface area contributed by atoms with Crippen LogP contribution in [0.3, 0.4) is 0 Å². The molecule has 0 radical (unpaired) electrons. The van der Waals surface area contributed by atoms with Crippen LogP contribution in [0.2, 0.25) is 0 Å². The van der Waals surface area contributed by atoms with Crippen molar-refractivity contribution in [3.63, 3.8) is 0 Å². The van der Waals surface area contributed by atoms with Gasteiger partial charge >= 0.3 is 47.8 Å². The van der Waals surface area contributed by atoms with Crippen molar-refractivity contribution in [2.75, 3.05) is 13.2 Å². The molecule has 6 rings (SSSR count). The minimum atomic E-state index is -2.99. The van der Waals surface area contributed by atoms with E-state index in [4.69, 9.17) is 47.0 Å². The molecule has 336 valence electrons. The van der Waals surface area contributed by atoms with Gasteiger partial charge in [0.2, 0.25) is 0 Å². The van der Waals surface area contributed by atoms with Gasteiger partial charge in [-0.2, -0.15) is 0 Å². The van der Waals surface area contributed by atoms with Gasteiger partial charge in [-0.15, -0.1) is 0 Å². The highest BCUT2D eigenvalue weighted by Gasteiger charge is 2.92. The van der Waals surface area contributed by atoms with Gasteiger partial charge in [0.25, 0.3) is 0 Å². The summed E-state index contributed by atoms with van der Waals surface area (Å²) < 4.78 is 59.7. The second-order valence-corrected chi connectivity index (χ2v) is 16.4. The molecular weight excluding hydrogens is 826 g/mol. The lowest BCUT2D eigenvalue weighted by Crippen LogP contribution is -2.89. The van der Waals surface area contributed by atoms with Crippen LogP contribution >= 0.6 is 0 Å². The fraction of sp³-hybridized carbons (Fsp3) is 0.585. The smallest absolute Gasteiger partial charge is 0.341 e. The van der Waals surface area contributed by atoms with Crippen LogP contribution in [0, 0.1) is 11.3 Å². The number of hydrogen-bond acceptors (Lipinski definition) is 21. The van der Waals surface area contributed by atoms with Crippen LogP contribution in [0.1, 0.15) is 94.5 Å². The normalized spacial score (nSPS) is 37.3. The Morgan fingerprint density at radius 1 is 0.806 bits per heavy atom. The molecule has 2 saturated carbocycles. The van der Waals surface area contributed by atoms with Crippen molar-refractivity contribution < 1.29 is 95.6 Å². The number of esters is 8. The van der Waals surface area contributed by atoms with Crippen molar-refractivity contribution in [3.8, 4) is 0 Å². The second kappa shape index (κ2) is 16.1. The predicted molar refractivity (Wildman–Crippen MR) is 199 cm³/mol. The summed E-state index contributed by atoms with van der Waals surface area (Å²) in [7, 11) is 0. The van der Waals surface area contributed by atoms with Crippen LogP contribution in [0.5, 0.6) is 0 Å². The van der Waals surface area contributed by atoms with Gasteiger partial charge in [0.15, 0.2) is 35.6 Å². The number of carbonyl (C=O) groups is 8. The van der Waals surface area contributed by atoms with E-state index < -0.39 is 137 Å². The third-order valence-electron chi connectivity index (χ3n) is 12.3. The highest BCUT2D eigenvalue weighted by molar-refractivity contribution is 5.92. The summed E-state index contributed by atoms with van der Waals surface area (Å²) in [5, 5.41) is 25.6. The Bertz CT molecular complexity index is 2170. The minimum absolute atomic E-state index is 0.0467. The summed E-state index contributed by atoms with van der Waals surface area (Å²) >= 11 is 0. The van der Waals surface area contributed by atoms with Gasteiger partial charge in [0.1, 0.15) is 48.3 Å². The number of aromatic nitrogens is 1. The van der Waals surface area contributed by atoms with Gasteiger partial charge in [-0.1, -0.05) is 6.92 Å². The van der Waals surface area contributed by atoms with E-state index in [0.29, 0.717) is 0 Å². The molecule has 4 bridgehead atoms. The van der Waals surface area contributed by atoms with Crippen LogP contribution in [0.4, 0.5) is 0 Å². The number of aliphatic hydroxyl groups is 2. The van der Waals surface area contributed by atoms with Gasteiger partial charge in [-0.05, 0) is 38.5 Å². The Balaban J connectivity index is 1.80. The van der Waals surface area contributed by atoms with E-state index in [2.05, 4.69) is 4.98 Å². The Morgan fingerprint density at radius 3 is 1.94 bits per heavy atom. The number of furan rings is 1. The van der Waals surface area contributed by atoms with E-state index in [1.165, 1.54) is 32.2 Å². The Kier molecular flexibility index (Phi) is 11.8. The van der Waals surface area contributed by atoms with Crippen molar-refractivity contribution in [1.82, 2.24) is 4.98 Å². The molecule has 2 aromatic rings. The maximum atomic E-state index is 14.6. The van der Waals surface area contributed by atoms with E-state index in [1.54, 1.807) is 0 Å². The monoisotopic (exact) mass is 873 g/mol. The maximum Gasteiger partial charge on any atom is 0.341 e. The summed E-state index contributed by atoms with van der Waals surface area (Å²) in [4.78, 5) is 113. The van der Waals surface area contributed by atoms with Gasteiger partial charge < -0.3 is 57.3 Å². The quantitative estimate of drug-likeness (QED) is 0.277. The molecule has 2 N–H and O–H groups in total. The minimum Gasteiger partial charge on any atom is -0.472 e. The van der Waals surface area contributed by atoms with Crippen molar-refractivity contribution in [1.29, 1.82) is 0 Å². The molecule has 1 saturated heterocycles. The van der Waals surface area contributed by atoms with Crippen molar-refractivity contribution in [3.05, 3.63) is 53.7 Å². The van der Waals surface area contributed by atoms with E-state index >= 15 is 0 Å². The molecule has 4 heterocycles. The molecule has 21 heteroatoms. The predicted octanol–water partition coefficient (Wildman–Crippen LogP) is 1.04. The van der Waals surface area contributed by atoms with E-state index in [0.717, 1.165) is 67.2 Å². The summed E-state index contributed by atoms with van der Waals surface area (Å²) in [6, 6.07) is 2.56. The number of nitrogens with zero attached hydrogens (tertiary/aromatic N) is 1. The molecule has 3 fully saturated rings. The first kappa shape index (κ1) is 45.6. The highest BCUT2D eigenvalue weighted by atomic mass is 16.7. The first-order chi connectivity index (χ1) is 28.9. The molecule has 2 unspecified atom stereocenters. The SMILES string of the molecule is CC(=O)O[C@@H]1[C@H](OC(C)=O)[C@@]2(COC(=O)c3ccoc3)[C@H](OC(C)=O)[C@H](OC(C)=O)C3[C@@H](OC(C)=O)C24O[C@@]3(C)COC(=O)c2cnccc2[C@H](C)[C@@](C)(O)C(=O)O[C@@H]1[C@]4(C)O. The van der Waals surface area contributed by atoms with Crippen LogP contribution < -0.4 is 0 Å². The standard InChI is InChI=1S/C41H47NO20/c1-18-25-10-12-42-14-26(25)35(49)54-16-37(7)27-28(56-19(2)43)32(59-22(5)46)40(17-55-34(48)24-11-13-53-15-24)33(60-23(6)47)29(57-20(3)44)31(61-36(50)38(18,8)51)39(9,52)41(40,62-37)30(27)58-21(4)45/h10-15,18,27-33,51-52H,16-17H2,1-9H3/t18-,27?,28+,29-,30+,31-,32+,33-,37-,38+,39-,40+,41?/m0/s1. The first-order valence-corrected chi connectivity index (χ1v) is 19.4. The molecule has 2 aliphatic heterocycles. The van der Waals surface area contributed by atoms with Crippen molar-refractivity contribution in [2.45, 2.75) is 127 Å². The Hall–Kier alpha value is -5.93. The lowest BCUT2D eigenvalue weighted by Gasteiger charge is -2.67. The lowest BCUT2D eigenvalue weighted by molar-refractivity contribution is -0.387. The number of cyclic esters (lactones) is 1. The van der Waals surface area contributed by atoms with E-state index in [1.807, 2.05) is 0 Å². The number of fused-ring (bicyclic) bond motifs is 5. The average molecular weight is 874 g/mol. The van der Waals surface area contributed by atoms with Gasteiger partial charge in [0, 0.05) is 52.9 Å². The van der Waals surface area contributed by atoms with Crippen molar-refractivity contribution in [2.24, 2.45) is 11.3 Å². The number of pyridine rings is 1. The first-order valence-electron chi connectivity index (χ1n) is 19.4. The molecule has 0 amide bonds. The third kappa shape index (κ3) is 7.14. The summed E-state index contributed by atoms with van der Waals surface area (Å²) in [6.45, 7) is 7.47. The molecule has 2 aliphatic carbocycles. The summed E-state index contributed by atoms with van der Waals surface area (Å²) in [5.41, 5.74) is -13.7. The summed E-state index contributed by atoms with van der Waals surface area (Å²) in [5.74, 6) is -12.1. The molecule has 4 aliphatic rings. The highest BCUT2D eigenvalue weighted by Crippen LogP contribution is 2.70. The second-order valence-electron chi connectivity index (χ2n) is 16.4. The third-order valence-corrected chi connectivity index (χ3v) is 12.3. The molecule has 0 aromatic carbocycles. The van der Waals surface area contributed by atoms with Crippen LogP contribution in [0.25, 0.3) is 0 Å². The van der Waals surface area contributed by atoms with Crippen molar-refractivity contribution >= 4 is 47.8 Å². The topological polar surface area (TPSA) is 286 Å². The molecule has 21 nitrogen and oxygen atoms in total. The van der Waals surface area contributed by atoms with Crippen LogP contribution in [-0.4, -0.2) is 135 Å². The number of ether oxygens (including phenoxy) is 9. The molecule has 13 atom stereocenters. The molecule has 2 aromatic heterocycles. The average Bonchev–Trinajstić information content (AvgIpc) is 3.79. The zero-order chi connectivity index (χ0) is 45.9. The van der Waals surface area contributed by atoms with E-state index in [9.17, 15) is 48.6 Å². The summed E-state index contributed by atoms with van der Waals surface area (Å²) in [6.07, 6.45) is -8.23. The van der Waals surface area contributed by atoms with Gasteiger partial charge in [-0.25, -0.2) is 14.4 Å². The van der Waals surface area contributed by atoms with Crippen LogP contribution in [0.15, 0.2) is 41.5 Å².